The average Bonchev–Trinajstić information content (AvgIpc) is 2.49. The van der Waals surface area contributed by atoms with E-state index in [1.807, 2.05) is 12.1 Å². The molecule has 0 bridgehead atoms. The molecule has 0 aliphatic carbocycles. The van der Waals surface area contributed by atoms with Gasteiger partial charge in [-0.2, -0.15) is 5.26 Å². The highest BCUT2D eigenvalue weighted by molar-refractivity contribution is 6.31. The SMILES string of the molecule is N#Cc1ccc(CNCc2ccc([N+](=O)[O-])cc2Cl)cc1. The van der Waals surface area contributed by atoms with Crippen molar-refractivity contribution < 1.29 is 4.92 Å². The van der Waals surface area contributed by atoms with Crippen molar-refractivity contribution >= 4 is 17.3 Å². The van der Waals surface area contributed by atoms with Crippen molar-refractivity contribution in [3.8, 4) is 6.07 Å². The van der Waals surface area contributed by atoms with E-state index in [0.29, 0.717) is 23.7 Å². The van der Waals surface area contributed by atoms with Crippen LogP contribution in [0.5, 0.6) is 0 Å². The minimum Gasteiger partial charge on any atom is -0.309 e. The molecule has 2 rings (SSSR count). The first-order valence-corrected chi connectivity index (χ1v) is 6.60. The molecule has 1 N–H and O–H groups in total. The van der Waals surface area contributed by atoms with E-state index in [9.17, 15) is 10.1 Å². The van der Waals surface area contributed by atoms with Crippen LogP contribution in [0.2, 0.25) is 5.02 Å². The number of hydrogen-bond acceptors (Lipinski definition) is 4. The van der Waals surface area contributed by atoms with Gasteiger partial charge in [0.15, 0.2) is 0 Å². The lowest BCUT2D eigenvalue weighted by atomic mass is 10.1. The molecule has 2 aromatic rings. The molecule has 5 nitrogen and oxygen atoms in total. The number of halogens is 1. The summed E-state index contributed by atoms with van der Waals surface area (Å²) in [6.45, 7) is 1.13. The van der Waals surface area contributed by atoms with E-state index in [4.69, 9.17) is 16.9 Å². The zero-order valence-electron chi connectivity index (χ0n) is 11.0. The number of nitrogens with one attached hydrogen (secondary N) is 1. The number of nitro groups is 1. The summed E-state index contributed by atoms with van der Waals surface area (Å²) in [7, 11) is 0. The number of benzene rings is 2. The fourth-order valence-corrected chi connectivity index (χ4v) is 2.07. The van der Waals surface area contributed by atoms with Crippen molar-refractivity contribution in [3.63, 3.8) is 0 Å². The van der Waals surface area contributed by atoms with Gasteiger partial charge >= 0.3 is 0 Å². The van der Waals surface area contributed by atoms with E-state index in [-0.39, 0.29) is 5.69 Å². The largest absolute Gasteiger partial charge is 0.309 e. The molecule has 0 atom stereocenters. The summed E-state index contributed by atoms with van der Waals surface area (Å²) >= 11 is 6.01. The Hall–Kier alpha value is -2.42. The Morgan fingerprint density at radius 3 is 2.48 bits per heavy atom. The quantitative estimate of drug-likeness (QED) is 0.678. The van der Waals surface area contributed by atoms with Crippen molar-refractivity contribution in [1.29, 1.82) is 5.26 Å². The Morgan fingerprint density at radius 1 is 1.19 bits per heavy atom. The predicted molar refractivity (Wildman–Crippen MR) is 79.8 cm³/mol. The minimum atomic E-state index is -0.472. The number of hydrogen-bond donors (Lipinski definition) is 1. The average molecular weight is 302 g/mol. The van der Waals surface area contributed by atoms with Crippen LogP contribution in [-0.2, 0) is 13.1 Å². The van der Waals surface area contributed by atoms with Gasteiger partial charge in [0.2, 0.25) is 0 Å². The Labute approximate surface area is 126 Å². The first kappa shape index (κ1) is 15.0. The molecule has 2 aromatic carbocycles. The molecule has 0 saturated carbocycles. The zero-order chi connectivity index (χ0) is 15.2. The van der Waals surface area contributed by atoms with Crippen LogP contribution >= 0.6 is 11.6 Å². The van der Waals surface area contributed by atoms with Gasteiger partial charge in [0.1, 0.15) is 0 Å². The summed E-state index contributed by atoms with van der Waals surface area (Å²) in [5, 5.41) is 22.9. The maximum absolute atomic E-state index is 10.6. The van der Waals surface area contributed by atoms with Crippen molar-refractivity contribution in [2.45, 2.75) is 13.1 Å². The molecule has 0 saturated heterocycles. The van der Waals surface area contributed by atoms with Gasteiger partial charge in [0.05, 0.1) is 21.6 Å². The van der Waals surface area contributed by atoms with Crippen LogP contribution in [0.15, 0.2) is 42.5 Å². The van der Waals surface area contributed by atoms with Gasteiger partial charge in [-0.15, -0.1) is 0 Å². The number of non-ortho nitro benzene ring substituents is 1. The molecule has 21 heavy (non-hydrogen) atoms. The van der Waals surface area contributed by atoms with Crippen LogP contribution in [-0.4, -0.2) is 4.92 Å². The lowest BCUT2D eigenvalue weighted by molar-refractivity contribution is -0.384. The van der Waals surface area contributed by atoms with Crippen LogP contribution < -0.4 is 5.32 Å². The summed E-state index contributed by atoms with van der Waals surface area (Å²) in [6, 6.07) is 13.8. The second-order valence-corrected chi connectivity index (χ2v) is 4.85. The van der Waals surface area contributed by atoms with Crippen LogP contribution in [0.3, 0.4) is 0 Å². The van der Waals surface area contributed by atoms with Crippen molar-refractivity contribution in [1.82, 2.24) is 5.32 Å². The van der Waals surface area contributed by atoms with Crippen LogP contribution in [0.4, 0.5) is 5.69 Å². The topological polar surface area (TPSA) is 79.0 Å². The molecule has 0 aromatic heterocycles. The molecular weight excluding hydrogens is 290 g/mol. The molecule has 0 radical (unpaired) electrons. The number of nitriles is 1. The summed E-state index contributed by atoms with van der Waals surface area (Å²) in [4.78, 5) is 10.2. The Kier molecular flexibility index (Phi) is 4.88. The first-order valence-electron chi connectivity index (χ1n) is 6.22. The Bertz CT molecular complexity index is 693. The Morgan fingerprint density at radius 2 is 1.90 bits per heavy atom. The maximum Gasteiger partial charge on any atom is 0.270 e. The summed E-state index contributed by atoms with van der Waals surface area (Å²) in [5.41, 5.74) is 2.45. The molecule has 6 heteroatoms. The minimum absolute atomic E-state index is 0.0177. The van der Waals surface area contributed by atoms with Crippen LogP contribution in [0.1, 0.15) is 16.7 Å². The highest BCUT2D eigenvalue weighted by Gasteiger charge is 2.08. The van der Waals surface area contributed by atoms with Gasteiger partial charge in [0, 0.05) is 25.2 Å². The van der Waals surface area contributed by atoms with E-state index >= 15 is 0 Å². The van der Waals surface area contributed by atoms with E-state index in [0.717, 1.165) is 11.1 Å². The molecule has 0 spiro atoms. The van der Waals surface area contributed by atoms with Gasteiger partial charge in [-0.05, 0) is 29.3 Å². The van der Waals surface area contributed by atoms with E-state index < -0.39 is 4.92 Å². The second kappa shape index (κ2) is 6.84. The van der Waals surface area contributed by atoms with Crippen molar-refractivity contribution in [2.75, 3.05) is 0 Å². The van der Waals surface area contributed by atoms with E-state index in [1.165, 1.54) is 12.1 Å². The molecule has 0 fully saturated rings. The standard InChI is InChI=1S/C15H12ClN3O2/c16-15-7-14(19(20)21)6-5-13(15)10-18-9-12-3-1-11(8-17)2-4-12/h1-7,18H,9-10H2. The maximum atomic E-state index is 10.6. The summed E-state index contributed by atoms with van der Waals surface area (Å²) in [6.07, 6.45) is 0. The third kappa shape index (κ3) is 4.02. The number of nitro benzene ring substituents is 1. The Balaban J connectivity index is 1.94. The van der Waals surface area contributed by atoms with Crippen LogP contribution in [0, 0.1) is 21.4 Å². The number of nitrogens with zero attached hydrogens (tertiary/aromatic N) is 2. The summed E-state index contributed by atoms with van der Waals surface area (Å²) < 4.78 is 0. The first-order chi connectivity index (χ1) is 10.1. The highest BCUT2D eigenvalue weighted by Crippen LogP contribution is 2.22. The van der Waals surface area contributed by atoms with Gasteiger partial charge in [-0.3, -0.25) is 10.1 Å². The summed E-state index contributed by atoms with van der Waals surface area (Å²) in [5.74, 6) is 0. The fourth-order valence-electron chi connectivity index (χ4n) is 1.83. The monoisotopic (exact) mass is 301 g/mol. The smallest absolute Gasteiger partial charge is 0.270 e. The highest BCUT2D eigenvalue weighted by atomic mass is 35.5. The lowest BCUT2D eigenvalue weighted by Crippen LogP contribution is -2.13. The second-order valence-electron chi connectivity index (χ2n) is 4.45. The fraction of sp³-hybridized carbons (Fsp3) is 0.133. The predicted octanol–water partition coefficient (Wildman–Crippen LogP) is 3.41. The van der Waals surface area contributed by atoms with Gasteiger partial charge in [-0.25, -0.2) is 0 Å². The third-order valence-electron chi connectivity index (χ3n) is 2.98. The lowest BCUT2D eigenvalue weighted by Gasteiger charge is -2.07. The number of rotatable bonds is 5. The van der Waals surface area contributed by atoms with Crippen LogP contribution in [0.25, 0.3) is 0 Å². The normalized spacial score (nSPS) is 10.1. The third-order valence-corrected chi connectivity index (χ3v) is 3.33. The molecular formula is C15H12ClN3O2. The van der Waals surface area contributed by atoms with Gasteiger partial charge < -0.3 is 5.32 Å². The van der Waals surface area contributed by atoms with Gasteiger partial charge in [0.25, 0.3) is 5.69 Å². The molecule has 0 heterocycles. The zero-order valence-corrected chi connectivity index (χ0v) is 11.8. The molecule has 0 unspecified atom stereocenters. The van der Waals surface area contributed by atoms with E-state index in [1.54, 1.807) is 18.2 Å². The molecule has 106 valence electrons. The van der Waals surface area contributed by atoms with Crippen molar-refractivity contribution in [2.24, 2.45) is 0 Å². The van der Waals surface area contributed by atoms with Gasteiger partial charge in [-0.1, -0.05) is 23.7 Å². The molecule has 0 amide bonds. The molecule has 0 aliphatic rings. The van der Waals surface area contributed by atoms with E-state index in [2.05, 4.69) is 11.4 Å². The molecule has 0 aliphatic heterocycles. The van der Waals surface area contributed by atoms with Crippen molar-refractivity contribution in [3.05, 3.63) is 74.3 Å².